The smallest absolute Gasteiger partial charge is 0.115 e. The quantitative estimate of drug-likeness (QED) is 0.756. The van der Waals surface area contributed by atoms with Crippen LogP contribution in [0.15, 0.2) is 18.2 Å². The molecule has 0 bridgehead atoms. The zero-order valence-electron chi connectivity index (χ0n) is 9.58. The van der Waals surface area contributed by atoms with Crippen molar-refractivity contribution in [1.29, 1.82) is 0 Å². The van der Waals surface area contributed by atoms with Crippen molar-refractivity contribution in [3.05, 3.63) is 29.3 Å². The lowest BCUT2D eigenvalue weighted by atomic mass is 9.79. The Morgan fingerprint density at radius 2 is 2.12 bits per heavy atom. The van der Waals surface area contributed by atoms with Crippen molar-refractivity contribution in [2.45, 2.75) is 38.1 Å². The Balaban J connectivity index is 1.78. The molecule has 2 atom stereocenters. The summed E-state index contributed by atoms with van der Waals surface area (Å²) in [7, 11) is 0. The first kappa shape index (κ1) is 10.2. The molecule has 1 heterocycles. The SMILES string of the molecule is Oc1ccc2c(c1)CCC(C1CCCN1)C2. The second-order valence-corrected chi connectivity index (χ2v) is 5.16. The van der Waals surface area contributed by atoms with Gasteiger partial charge in [-0.25, -0.2) is 0 Å². The molecule has 2 unspecified atom stereocenters. The number of fused-ring (bicyclic) bond motifs is 1. The molecule has 0 aromatic heterocycles. The molecule has 1 fully saturated rings. The van der Waals surface area contributed by atoms with E-state index in [2.05, 4.69) is 11.4 Å². The summed E-state index contributed by atoms with van der Waals surface area (Å²) in [5.41, 5.74) is 2.80. The van der Waals surface area contributed by atoms with E-state index in [1.165, 1.54) is 43.4 Å². The van der Waals surface area contributed by atoms with E-state index >= 15 is 0 Å². The van der Waals surface area contributed by atoms with E-state index in [9.17, 15) is 5.11 Å². The van der Waals surface area contributed by atoms with E-state index < -0.39 is 0 Å². The monoisotopic (exact) mass is 217 g/mol. The van der Waals surface area contributed by atoms with Gasteiger partial charge < -0.3 is 10.4 Å². The molecule has 0 spiro atoms. The van der Waals surface area contributed by atoms with Gasteiger partial charge in [-0.15, -0.1) is 0 Å². The fraction of sp³-hybridized carbons (Fsp3) is 0.571. The molecule has 0 radical (unpaired) electrons. The largest absolute Gasteiger partial charge is 0.508 e. The summed E-state index contributed by atoms with van der Waals surface area (Å²) in [6.45, 7) is 1.20. The number of phenols is 1. The van der Waals surface area contributed by atoms with Crippen molar-refractivity contribution in [2.75, 3.05) is 6.54 Å². The molecule has 86 valence electrons. The van der Waals surface area contributed by atoms with Gasteiger partial charge >= 0.3 is 0 Å². The fourth-order valence-corrected chi connectivity index (χ4v) is 3.23. The number of phenolic OH excluding ortho intramolecular Hbond substituents is 1. The van der Waals surface area contributed by atoms with E-state index in [1.807, 2.05) is 12.1 Å². The van der Waals surface area contributed by atoms with Gasteiger partial charge in [-0.05, 0) is 67.8 Å². The molecular weight excluding hydrogens is 198 g/mol. The lowest BCUT2D eigenvalue weighted by Gasteiger charge is -2.29. The van der Waals surface area contributed by atoms with Crippen LogP contribution in [0.25, 0.3) is 0 Å². The molecule has 2 N–H and O–H groups in total. The molecule has 1 aliphatic heterocycles. The van der Waals surface area contributed by atoms with Gasteiger partial charge in [-0.2, -0.15) is 0 Å². The van der Waals surface area contributed by atoms with Gasteiger partial charge in [-0.3, -0.25) is 0 Å². The topological polar surface area (TPSA) is 32.3 Å². The van der Waals surface area contributed by atoms with Crippen LogP contribution in [0.2, 0.25) is 0 Å². The van der Waals surface area contributed by atoms with Crippen LogP contribution in [-0.2, 0) is 12.8 Å². The highest BCUT2D eigenvalue weighted by Gasteiger charge is 2.28. The van der Waals surface area contributed by atoms with Crippen LogP contribution in [0.5, 0.6) is 5.75 Å². The molecule has 2 nitrogen and oxygen atoms in total. The molecule has 3 rings (SSSR count). The summed E-state index contributed by atoms with van der Waals surface area (Å²) < 4.78 is 0. The van der Waals surface area contributed by atoms with Crippen LogP contribution in [0.3, 0.4) is 0 Å². The average Bonchev–Trinajstić information content (AvgIpc) is 2.82. The molecule has 2 aliphatic rings. The number of hydrogen-bond acceptors (Lipinski definition) is 2. The van der Waals surface area contributed by atoms with Crippen LogP contribution < -0.4 is 5.32 Å². The van der Waals surface area contributed by atoms with Gasteiger partial charge in [0.15, 0.2) is 0 Å². The van der Waals surface area contributed by atoms with Gasteiger partial charge in [0.05, 0.1) is 0 Å². The minimum absolute atomic E-state index is 0.413. The van der Waals surface area contributed by atoms with Crippen LogP contribution in [0, 0.1) is 5.92 Å². The Bertz CT molecular complexity index is 382. The summed E-state index contributed by atoms with van der Waals surface area (Å²) in [5.74, 6) is 1.22. The Labute approximate surface area is 96.7 Å². The van der Waals surface area contributed by atoms with Crippen molar-refractivity contribution in [1.82, 2.24) is 5.32 Å². The zero-order valence-corrected chi connectivity index (χ0v) is 9.58. The van der Waals surface area contributed by atoms with Crippen molar-refractivity contribution in [2.24, 2.45) is 5.92 Å². The molecule has 1 saturated heterocycles. The Kier molecular flexibility index (Phi) is 2.60. The number of rotatable bonds is 1. The Morgan fingerprint density at radius 3 is 2.94 bits per heavy atom. The predicted octanol–water partition coefficient (Wildman–Crippen LogP) is 2.25. The summed E-state index contributed by atoms with van der Waals surface area (Å²) in [4.78, 5) is 0. The van der Waals surface area contributed by atoms with Crippen LogP contribution in [0.1, 0.15) is 30.4 Å². The predicted molar refractivity (Wildman–Crippen MR) is 64.6 cm³/mol. The molecule has 1 aromatic rings. The van der Waals surface area contributed by atoms with Crippen LogP contribution in [0.4, 0.5) is 0 Å². The number of benzene rings is 1. The second kappa shape index (κ2) is 4.10. The van der Waals surface area contributed by atoms with E-state index in [1.54, 1.807) is 0 Å². The van der Waals surface area contributed by atoms with E-state index in [-0.39, 0.29) is 0 Å². The van der Waals surface area contributed by atoms with Gasteiger partial charge in [0, 0.05) is 6.04 Å². The molecule has 2 heteroatoms. The molecular formula is C14H19NO. The highest BCUT2D eigenvalue weighted by atomic mass is 16.3. The maximum Gasteiger partial charge on any atom is 0.115 e. The zero-order chi connectivity index (χ0) is 11.0. The van der Waals surface area contributed by atoms with Gasteiger partial charge in [0.2, 0.25) is 0 Å². The fourth-order valence-electron chi connectivity index (χ4n) is 3.23. The third kappa shape index (κ3) is 1.82. The summed E-state index contributed by atoms with van der Waals surface area (Å²) >= 11 is 0. The molecule has 1 aliphatic carbocycles. The minimum atomic E-state index is 0.413. The lowest BCUT2D eigenvalue weighted by molar-refractivity contribution is 0.348. The molecule has 0 saturated carbocycles. The summed E-state index contributed by atoms with van der Waals surface area (Å²) in [6.07, 6.45) is 6.27. The van der Waals surface area contributed by atoms with Gasteiger partial charge in [-0.1, -0.05) is 6.07 Å². The highest BCUT2D eigenvalue weighted by molar-refractivity contribution is 5.36. The van der Waals surface area contributed by atoms with E-state index in [0.717, 1.165) is 18.4 Å². The first-order chi connectivity index (χ1) is 7.83. The minimum Gasteiger partial charge on any atom is -0.508 e. The summed E-state index contributed by atoms with van der Waals surface area (Å²) in [6, 6.07) is 6.60. The lowest BCUT2D eigenvalue weighted by Crippen LogP contribution is -2.34. The van der Waals surface area contributed by atoms with Crippen molar-refractivity contribution in [3.63, 3.8) is 0 Å². The van der Waals surface area contributed by atoms with Crippen LogP contribution >= 0.6 is 0 Å². The van der Waals surface area contributed by atoms with Gasteiger partial charge in [0.1, 0.15) is 5.75 Å². The van der Waals surface area contributed by atoms with Crippen molar-refractivity contribution < 1.29 is 5.11 Å². The van der Waals surface area contributed by atoms with Crippen molar-refractivity contribution in [3.8, 4) is 5.75 Å². The Morgan fingerprint density at radius 1 is 1.19 bits per heavy atom. The number of aromatic hydroxyl groups is 1. The third-order valence-corrected chi connectivity index (χ3v) is 4.12. The molecule has 16 heavy (non-hydrogen) atoms. The maximum atomic E-state index is 9.45. The first-order valence-corrected chi connectivity index (χ1v) is 6.37. The van der Waals surface area contributed by atoms with Gasteiger partial charge in [0.25, 0.3) is 0 Å². The standard InChI is InChI=1S/C14H19NO/c16-13-6-5-10-8-12(4-3-11(10)9-13)14-2-1-7-15-14/h5-6,9,12,14-16H,1-4,7-8H2. The third-order valence-electron chi connectivity index (χ3n) is 4.12. The average molecular weight is 217 g/mol. The highest BCUT2D eigenvalue weighted by Crippen LogP contribution is 2.31. The molecule has 1 aromatic carbocycles. The van der Waals surface area contributed by atoms with Crippen molar-refractivity contribution >= 4 is 0 Å². The van der Waals surface area contributed by atoms with E-state index in [0.29, 0.717) is 5.75 Å². The molecule has 0 amide bonds. The maximum absolute atomic E-state index is 9.45. The second-order valence-electron chi connectivity index (χ2n) is 5.16. The van der Waals surface area contributed by atoms with E-state index in [4.69, 9.17) is 0 Å². The normalized spacial score (nSPS) is 29.0. The number of hydrogen-bond donors (Lipinski definition) is 2. The summed E-state index contributed by atoms with van der Waals surface area (Å²) in [5, 5.41) is 13.1. The number of aryl methyl sites for hydroxylation is 1. The van der Waals surface area contributed by atoms with Crippen LogP contribution in [-0.4, -0.2) is 17.7 Å². The first-order valence-electron chi connectivity index (χ1n) is 6.37. The number of nitrogens with one attached hydrogen (secondary N) is 1. The Hall–Kier alpha value is -1.02.